The molecule has 0 saturated heterocycles. The first-order valence-corrected chi connectivity index (χ1v) is 4.41. The van der Waals surface area contributed by atoms with Gasteiger partial charge in [0.1, 0.15) is 11.3 Å². The van der Waals surface area contributed by atoms with Crippen LogP contribution in [-0.4, -0.2) is 21.4 Å². The van der Waals surface area contributed by atoms with Crippen molar-refractivity contribution in [3.05, 3.63) is 29.3 Å². The van der Waals surface area contributed by atoms with E-state index >= 15 is 0 Å². The third-order valence-electron chi connectivity index (χ3n) is 1.38. The van der Waals surface area contributed by atoms with Crippen molar-refractivity contribution in [3.8, 4) is 5.75 Å². The molecule has 0 radical (unpaired) electrons. The predicted molar refractivity (Wildman–Crippen MR) is 56.3 cm³/mol. The normalized spacial score (nSPS) is 8.73. The van der Waals surface area contributed by atoms with Gasteiger partial charge < -0.3 is 10.2 Å². The standard InChI is InChI=1S/C8H8O3.C2H3ClO/c1-5-2-3-6(8(10)11)7(9)4-5;1-2(3)4/h2-4,9H,1H3,(H,10,11);1H3. The van der Waals surface area contributed by atoms with Crippen molar-refractivity contribution in [3.63, 3.8) is 0 Å². The van der Waals surface area contributed by atoms with E-state index in [-0.39, 0.29) is 16.6 Å². The third-order valence-corrected chi connectivity index (χ3v) is 1.38. The van der Waals surface area contributed by atoms with Crippen LogP contribution in [0.5, 0.6) is 5.75 Å². The van der Waals surface area contributed by atoms with Crippen molar-refractivity contribution in [2.75, 3.05) is 0 Å². The maximum absolute atomic E-state index is 10.4. The van der Waals surface area contributed by atoms with Crippen LogP contribution < -0.4 is 0 Å². The summed E-state index contributed by atoms with van der Waals surface area (Å²) in [6.45, 7) is 3.08. The van der Waals surface area contributed by atoms with E-state index in [4.69, 9.17) is 10.2 Å². The van der Waals surface area contributed by atoms with Crippen LogP contribution in [0.2, 0.25) is 0 Å². The van der Waals surface area contributed by atoms with Gasteiger partial charge in [-0.3, -0.25) is 4.79 Å². The van der Waals surface area contributed by atoms with Crippen LogP contribution in [-0.2, 0) is 4.79 Å². The van der Waals surface area contributed by atoms with E-state index in [1.807, 2.05) is 0 Å². The summed E-state index contributed by atoms with van der Waals surface area (Å²) >= 11 is 4.64. The number of aromatic hydroxyl groups is 1. The van der Waals surface area contributed by atoms with Crippen LogP contribution in [0, 0.1) is 6.92 Å². The fraction of sp³-hybridized carbons (Fsp3) is 0.200. The fourth-order valence-electron chi connectivity index (χ4n) is 0.823. The zero-order chi connectivity index (χ0) is 12.0. The van der Waals surface area contributed by atoms with Gasteiger partial charge in [-0.1, -0.05) is 6.07 Å². The Hall–Kier alpha value is -1.55. The Balaban J connectivity index is 0.000000423. The highest BCUT2D eigenvalue weighted by molar-refractivity contribution is 6.62. The topological polar surface area (TPSA) is 74.6 Å². The van der Waals surface area contributed by atoms with Gasteiger partial charge in [0.15, 0.2) is 0 Å². The van der Waals surface area contributed by atoms with Crippen molar-refractivity contribution in [1.29, 1.82) is 0 Å². The summed E-state index contributed by atoms with van der Waals surface area (Å²) in [5.41, 5.74) is 0.781. The Labute approximate surface area is 92.1 Å². The molecule has 5 heteroatoms. The van der Waals surface area contributed by atoms with Gasteiger partial charge >= 0.3 is 5.97 Å². The highest BCUT2D eigenvalue weighted by atomic mass is 35.5. The van der Waals surface area contributed by atoms with Gasteiger partial charge in [0.2, 0.25) is 5.24 Å². The molecule has 0 amide bonds. The van der Waals surface area contributed by atoms with Gasteiger partial charge in [0.05, 0.1) is 0 Å². The van der Waals surface area contributed by atoms with Crippen molar-refractivity contribution in [2.24, 2.45) is 0 Å². The summed E-state index contributed by atoms with van der Waals surface area (Å²) in [6.07, 6.45) is 0. The number of carboxylic acid groups (broad SMARTS) is 1. The number of carbonyl (C=O) groups excluding carboxylic acids is 1. The molecule has 1 aromatic rings. The van der Waals surface area contributed by atoms with E-state index in [9.17, 15) is 9.59 Å². The monoisotopic (exact) mass is 230 g/mol. The van der Waals surface area contributed by atoms with Gasteiger partial charge in [-0.05, 0) is 36.2 Å². The lowest BCUT2D eigenvalue weighted by Gasteiger charge is -1.98. The van der Waals surface area contributed by atoms with Crippen LogP contribution in [0.4, 0.5) is 0 Å². The maximum atomic E-state index is 10.4. The van der Waals surface area contributed by atoms with Crippen molar-refractivity contribution in [1.82, 2.24) is 0 Å². The van der Waals surface area contributed by atoms with Gasteiger partial charge in [-0.25, -0.2) is 4.79 Å². The van der Waals surface area contributed by atoms with E-state index in [0.717, 1.165) is 5.56 Å². The first-order valence-electron chi connectivity index (χ1n) is 4.03. The molecule has 0 aliphatic heterocycles. The summed E-state index contributed by atoms with van der Waals surface area (Å²) in [6, 6.07) is 4.44. The average Bonchev–Trinajstić information content (AvgIpc) is 2.01. The Morgan fingerprint density at radius 3 is 2.13 bits per heavy atom. The summed E-state index contributed by atoms with van der Waals surface area (Å²) in [7, 11) is 0. The third kappa shape index (κ3) is 5.70. The smallest absolute Gasteiger partial charge is 0.339 e. The lowest BCUT2D eigenvalue weighted by atomic mass is 10.1. The second kappa shape index (κ2) is 6.03. The van der Waals surface area contributed by atoms with Crippen LogP contribution in [0.15, 0.2) is 18.2 Å². The molecule has 0 aromatic heterocycles. The SMILES string of the molecule is CC(=O)Cl.Cc1ccc(C(=O)O)c(O)c1. The molecule has 1 rings (SSSR count). The number of carboxylic acids is 1. The number of hydrogen-bond donors (Lipinski definition) is 2. The van der Waals surface area contributed by atoms with Crippen molar-refractivity contribution in [2.45, 2.75) is 13.8 Å². The number of carbonyl (C=O) groups is 2. The Morgan fingerprint density at radius 1 is 1.33 bits per heavy atom. The first-order chi connectivity index (χ1) is 6.84. The molecule has 1 aromatic carbocycles. The minimum atomic E-state index is -1.11. The number of hydrogen-bond acceptors (Lipinski definition) is 3. The molecule has 0 unspecified atom stereocenters. The van der Waals surface area contributed by atoms with E-state index < -0.39 is 5.97 Å². The Morgan fingerprint density at radius 2 is 1.80 bits per heavy atom. The molecule has 0 aliphatic carbocycles. The number of aryl methyl sites for hydroxylation is 1. The quantitative estimate of drug-likeness (QED) is 0.725. The lowest BCUT2D eigenvalue weighted by Crippen LogP contribution is -1.96. The molecule has 2 N–H and O–H groups in total. The van der Waals surface area contributed by atoms with Crippen LogP contribution >= 0.6 is 11.6 Å². The molecule has 0 heterocycles. The number of benzene rings is 1. The molecule has 0 aliphatic rings. The summed E-state index contributed by atoms with van der Waals surface area (Å²) in [4.78, 5) is 19.6. The predicted octanol–water partition coefficient (Wildman–Crippen LogP) is 2.17. The van der Waals surface area contributed by atoms with E-state index in [1.54, 1.807) is 13.0 Å². The van der Waals surface area contributed by atoms with Crippen molar-refractivity contribution < 1.29 is 19.8 Å². The number of rotatable bonds is 1. The number of aromatic carboxylic acids is 1. The number of phenols is 1. The molecule has 0 fully saturated rings. The largest absolute Gasteiger partial charge is 0.507 e. The Kier molecular flexibility index (Phi) is 5.41. The maximum Gasteiger partial charge on any atom is 0.339 e. The van der Waals surface area contributed by atoms with E-state index in [2.05, 4.69) is 11.6 Å². The molecular weight excluding hydrogens is 220 g/mol. The summed E-state index contributed by atoms with van der Waals surface area (Å²) < 4.78 is 0. The molecule has 0 spiro atoms. The van der Waals surface area contributed by atoms with Crippen LogP contribution in [0.1, 0.15) is 22.8 Å². The Bertz CT molecular complexity index is 370. The molecule has 0 saturated carbocycles. The number of halogens is 1. The molecule has 82 valence electrons. The second-order valence-electron chi connectivity index (χ2n) is 2.80. The van der Waals surface area contributed by atoms with Gasteiger partial charge in [0, 0.05) is 6.92 Å². The highest BCUT2D eigenvalue weighted by Gasteiger charge is 2.07. The van der Waals surface area contributed by atoms with E-state index in [0.29, 0.717) is 0 Å². The fourth-order valence-corrected chi connectivity index (χ4v) is 0.823. The molecule has 0 atom stereocenters. The zero-order valence-electron chi connectivity index (χ0n) is 8.32. The molecular formula is C10H11ClO4. The van der Waals surface area contributed by atoms with Gasteiger partial charge in [-0.15, -0.1) is 0 Å². The van der Waals surface area contributed by atoms with Crippen LogP contribution in [0.3, 0.4) is 0 Å². The molecule has 4 nitrogen and oxygen atoms in total. The van der Waals surface area contributed by atoms with Gasteiger partial charge in [0.25, 0.3) is 0 Å². The van der Waals surface area contributed by atoms with Gasteiger partial charge in [-0.2, -0.15) is 0 Å². The highest BCUT2D eigenvalue weighted by Crippen LogP contribution is 2.17. The summed E-state index contributed by atoms with van der Waals surface area (Å²) in [5, 5.41) is 17.2. The lowest BCUT2D eigenvalue weighted by molar-refractivity contribution is -0.109. The minimum absolute atomic E-state index is 0.0596. The molecule has 15 heavy (non-hydrogen) atoms. The molecule has 0 bridgehead atoms. The zero-order valence-corrected chi connectivity index (χ0v) is 9.08. The minimum Gasteiger partial charge on any atom is -0.507 e. The average molecular weight is 231 g/mol. The van der Waals surface area contributed by atoms with E-state index in [1.165, 1.54) is 19.1 Å². The van der Waals surface area contributed by atoms with Crippen molar-refractivity contribution >= 4 is 22.8 Å². The summed E-state index contributed by atoms with van der Waals surface area (Å²) in [5.74, 6) is -1.29. The van der Waals surface area contributed by atoms with Crippen LogP contribution in [0.25, 0.3) is 0 Å². The first kappa shape index (κ1) is 13.4. The second-order valence-corrected chi connectivity index (χ2v) is 3.33.